The molecule has 1 atom stereocenters. The third-order valence-electron chi connectivity index (χ3n) is 0.611. The summed E-state index contributed by atoms with van der Waals surface area (Å²) < 4.78 is 14.5. The number of carbonyl (C=O) groups is 2. The summed E-state index contributed by atoms with van der Waals surface area (Å²) in [6, 6.07) is 0. The second kappa shape index (κ2) is 4.46. The van der Waals surface area contributed by atoms with Crippen LogP contribution in [0, 0.1) is 0 Å². The van der Waals surface area contributed by atoms with E-state index < -0.39 is 25.0 Å². The molecule has 0 saturated carbocycles. The Bertz CT molecular complexity index is 241. The van der Waals surface area contributed by atoms with Crippen molar-refractivity contribution in [2.45, 2.75) is 0 Å². The molecule has 7 nitrogen and oxygen atoms in total. The molecule has 0 aliphatic heterocycles. The van der Waals surface area contributed by atoms with E-state index in [2.05, 4.69) is 17.3 Å². The van der Waals surface area contributed by atoms with Crippen LogP contribution >= 0.6 is 20.2 Å². The highest BCUT2D eigenvalue weighted by Crippen LogP contribution is 2.39. The van der Waals surface area contributed by atoms with E-state index in [4.69, 9.17) is 10.00 Å². The molecular weight excluding hydrogens is 209 g/mol. The third kappa shape index (κ3) is 6.17. The molecule has 70 valence electrons. The summed E-state index contributed by atoms with van der Waals surface area (Å²) in [5.74, 6) is -1.51. The van der Waals surface area contributed by atoms with Gasteiger partial charge in [-0.2, -0.15) is 4.62 Å². The molecule has 0 radical (unpaired) electrons. The number of hydroxylamine groups is 1. The van der Waals surface area contributed by atoms with Crippen LogP contribution in [-0.2, 0) is 14.0 Å². The lowest BCUT2D eigenvalue weighted by molar-refractivity contribution is -0.134. The van der Waals surface area contributed by atoms with Crippen LogP contribution in [-0.4, -0.2) is 27.4 Å². The van der Waals surface area contributed by atoms with Gasteiger partial charge in [0.1, 0.15) is 6.16 Å². The molecular formula is C3H6NO6PS. The monoisotopic (exact) mass is 215 g/mol. The largest absolute Gasteiger partial charge is 0.481 e. The van der Waals surface area contributed by atoms with Gasteiger partial charge in [-0.25, -0.2) is 5.48 Å². The van der Waals surface area contributed by atoms with Gasteiger partial charge < -0.3 is 10.00 Å². The number of hydrogen-bond donors (Lipinski definition) is 4. The van der Waals surface area contributed by atoms with E-state index in [0.29, 0.717) is 0 Å². The molecule has 0 fully saturated rings. The number of carbonyl (C=O) groups excluding carboxylic acids is 1. The van der Waals surface area contributed by atoms with Gasteiger partial charge in [0.2, 0.25) is 0 Å². The van der Waals surface area contributed by atoms with E-state index in [1.54, 1.807) is 0 Å². The van der Waals surface area contributed by atoms with Crippen molar-refractivity contribution in [2.24, 2.45) is 0 Å². The van der Waals surface area contributed by atoms with Crippen molar-refractivity contribution in [2.75, 3.05) is 6.16 Å². The normalized spacial score (nSPS) is 14.8. The first-order valence-electron chi connectivity index (χ1n) is 2.54. The van der Waals surface area contributed by atoms with Crippen molar-refractivity contribution in [3.63, 3.8) is 0 Å². The molecule has 0 bridgehead atoms. The Labute approximate surface area is 72.6 Å². The van der Waals surface area contributed by atoms with E-state index in [1.807, 2.05) is 0 Å². The predicted molar refractivity (Wildman–Crippen MR) is 40.9 cm³/mol. The van der Waals surface area contributed by atoms with Crippen LogP contribution in [0.5, 0.6) is 0 Å². The average Bonchev–Trinajstić information content (AvgIpc) is 1.81. The number of carboxylic acids is 1. The molecule has 0 aromatic rings. The highest BCUT2D eigenvalue weighted by atomic mass is 32.1. The van der Waals surface area contributed by atoms with Crippen molar-refractivity contribution in [3.05, 3.63) is 0 Å². The van der Waals surface area contributed by atoms with E-state index >= 15 is 0 Å². The van der Waals surface area contributed by atoms with Crippen molar-refractivity contribution in [3.8, 4) is 0 Å². The van der Waals surface area contributed by atoms with Crippen LogP contribution in [0.4, 0.5) is 4.79 Å². The fourth-order valence-electron chi connectivity index (χ4n) is 0.314. The maximum atomic E-state index is 10.6. The molecule has 0 spiro atoms. The molecule has 0 aromatic heterocycles. The summed E-state index contributed by atoms with van der Waals surface area (Å²) in [7, 11) is -4.28. The Morgan fingerprint density at radius 1 is 1.58 bits per heavy atom. The van der Waals surface area contributed by atoms with Gasteiger partial charge >= 0.3 is 13.6 Å². The van der Waals surface area contributed by atoms with Crippen LogP contribution in [0.2, 0.25) is 0 Å². The van der Waals surface area contributed by atoms with E-state index in [0.717, 1.165) is 0 Å². The van der Waals surface area contributed by atoms with E-state index in [-0.39, 0.29) is 0 Å². The summed E-state index contributed by atoms with van der Waals surface area (Å²) in [5, 5.41) is 7.08. The van der Waals surface area contributed by atoms with Crippen molar-refractivity contribution < 1.29 is 28.8 Å². The highest BCUT2D eigenvalue weighted by molar-refractivity contribution is 7.96. The number of carboxylic acid groups (broad SMARTS) is 1. The minimum absolute atomic E-state index is 0.991. The van der Waals surface area contributed by atoms with Crippen LogP contribution in [0.15, 0.2) is 0 Å². The van der Waals surface area contributed by atoms with Crippen molar-refractivity contribution in [1.29, 1.82) is 0 Å². The van der Waals surface area contributed by atoms with Crippen LogP contribution in [0.1, 0.15) is 0 Å². The lowest BCUT2D eigenvalue weighted by atomic mass is 10.8. The minimum atomic E-state index is -4.28. The Kier molecular flexibility index (Phi) is 4.25. The molecule has 0 rings (SSSR count). The first kappa shape index (κ1) is 11.4. The van der Waals surface area contributed by atoms with Crippen LogP contribution in [0.3, 0.4) is 0 Å². The molecule has 3 N–H and O–H groups in total. The summed E-state index contributed by atoms with van der Waals surface area (Å²) in [6.45, 7) is 0. The van der Waals surface area contributed by atoms with Crippen LogP contribution < -0.4 is 5.48 Å². The van der Waals surface area contributed by atoms with Crippen molar-refractivity contribution in [1.82, 2.24) is 5.48 Å². The van der Waals surface area contributed by atoms with Gasteiger partial charge in [-0.1, -0.05) is 12.6 Å². The number of aliphatic carboxylic acids is 1. The second-order valence-electron chi connectivity index (χ2n) is 1.69. The molecule has 0 aliphatic rings. The van der Waals surface area contributed by atoms with E-state index in [1.165, 1.54) is 5.48 Å². The minimum Gasteiger partial charge on any atom is -0.481 e. The summed E-state index contributed by atoms with van der Waals surface area (Å²) in [4.78, 5) is 28.6. The maximum Gasteiger partial charge on any atom is 0.360 e. The van der Waals surface area contributed by atoms with Gasteiger partial charge in [0.25, 0.3) is 5.24 Å². The van der Waals surface area contributed by atoms with Gasteiger partial charge in [0.05, 0.1) is 0 Å². The zero-order valence-electron chi connectivity index (χ0n) is 5.63. The zero-order chi connectivity index (χ0) is 9.78. The van der Waals surface area contributed by atoms with Gasteiger partial charge in [-0.3, -0.25) is 14.2 Å². The van der Waals surface area contributed by atoms with Crippen molar-refractivity contribution >= 4 is 31.4 Å². The van der Waals surface area contributed by atoms with Gasteiger partial charge in [-0.15, -0.1) is 0 Å². The Balaban J connectivity index is 3.96. The van der Waals surface area contributed by atoms with Gasteiger partial charge in [-0.05, 0) is 0 Å². The molecule has 0 saturated heterocycles. The summed E-state index contributed by atoms with van der Waals surface area (Å²) in [6.07, 6.45) is -1.08. The lowest BCUT2D eigenvalue weighted by Crippen LogP contribution is -2.18. The highest BCUT2D eigenvalue weighted by Gasteiger charge is 2.24. The van der Waals surface area contributed by atoms with Crippen LogP contribution in [0.25, 0.3) is 0 Å². The number of nitrogens with one attached hydrogen (secondary N) is 1. The number of amides is 1. The number of thiol groups is 1. The summed E-state index contributed by atoms with van der Waals surface area (Å²) >= 11 is 3.15. The Morgan fingerprint density at radius 2 is 2.08 bits per heavy atom. The average molecular weight is 215 g/mol. The maximum absolute atomic E-state index is 10.6. The molecule has 0 aliphatic carbocycles. The Hall–Kier alpha value is -0.560. The van der Waals surface area contributed by atoms with Gasteiger partial charge in [0, 0.05) is 0 Å². The fourth-order valence-corrected chi connectivity index (χ4v) is 1.06. The molecule has 1 unspecified atom stereocenters. The molecule has 0 heterocycles. The topological polar surface area (TPSA) is 113 Å². The Morgan fingerprint density at radius 3 is 2.42 bits per heavy atom. The molecule has 1 amide bonds. The van der Waals surface area contributed by atoms with Gasteiger partial charge in [0.15, 0.2) is 0 Å². The first-order valence-corrected chi connectivity index (χ1v) is 4.75. The third-order valence-corrected chi connectivity index (χ3v) is 1.75. The number of hydrogen-bond acceptors (Lipinski definition) is 4. The lowest BCUT2D eigenvalue weighted by Gasteiger charge is -2.07. The molecule has 12 heavy (non-hydrogen) atoms. The number of rotatable bonds is 4. The smallest absolute Gasteiger partial charge is 0.360 e. The second-order valence-corrected chi connectivity index (χ2v) is 3.87. The molecule has 9 heteroatoms. The SMILES string of the molecule is O=C(O)CP(=O)(O)ONC(=O)S. The fraction of sp³-hybridized carbons (Fsp3) is 0.333. The zero-order valence-corrected chi connectivity index (χ0v) is 7.42. The first-order chi connectivity index (χ1) is 5.33. The molecule has 0 aromatic carbocycles. The van der Waals surface area contributed by atoms with E-state index in [9.17, 15) is 14.2 Å². The standard InChI is InChI=1S/C3H6NO6PS/c5-2(6)1-11(8,9)10-4-3(7)12/h1H2,(H,5,6)(H,8,9)(H2,4,7,12). The summed E-state index contributed by atoms with van der Waals surface area (Å²) in [5.41, 5.74) is 1.44. The predicted octanol–water partition coefficient (Wildman–Crippen LogP) is -0.173. The quantitative estimate of drug-likeness (QED) is 0.294.